The molecule has 4 aromatic rings. The van der Waals surface area contributed by atoms with E-state index in [-0.39, 0.29) is 16.9 Å². The van der Waals surface area contributed by atoms with Crippen LogP contribution < -0.4 is 15.4 Å². The van der Waals surface area contributed by atoms with Gasteiger partial charge in [-0.15, -0.1) is 0 Å². The molecule has 0 saturated carbocycles. The first-order chi connectivity index (χ1) is 15.7. The molecule has 4 rings (SSSR count). The summed E-state index contributed by atoms with van der Waals surface area (Å²) in [6, 6.07) is 8.81. The van der Waals surface area contributed by atoms with E-state index in [0.717, 1.165) is 11.3 Å². The Morgan fingerprint density at radius 3 is 2.58 bits per heavy atom. The van der Waals surface area contributed by atoms with Crippen molar-refractivity contribution in [2.24, 2.45) is 7.05 Å². The van der Waals surface area contributed by atoms with Crippen molar-refractivity contribution in [2.45, 2.75) is 26.2 Å². The highest BCUT2D eigenvalue weighted by Crippen LogP contribution is 2.28. The van der Waals surface area contributed by atoms with Crippen molar-refractivity contribution in [3.05, 3.63) is 66.5 Å². The number of aromatic nitrogens is 5. The van der Waals surface area contributed by atoms with Crippen molar-refractivity contribution in [3.8, 4) is 22.8 Å². The SMILES string of the molecule is Cn1nc(C(C)(C)C)cc1NC(=O)Nc1ccc(Oc2ccnc(-c3cn[nH]c3)c2)cc1F. The van der Waals surface area contributed by atoms with Crippen LogP contribution in [0.2, 0.25) is 0 Å². The lowest BCUT2D eigenvalue weighted by atomic mass is 9.92. The zero-order chi connectivity index (χ0) is 23.6. The summed E-state index contributed by atoms with van der Waals surface area (Å²) in [5.74, 6) is 0.644. The van der Waals surface area contributed by atoms with Crippen molar-refractivity contribution < 1.29 is 13.9 Å². The van der Waals surface area contributed by atoms with Gasteiger partial charge in [0.1, 0.15) is 23.1 Å². The Morgan fingerprint density at radius 2 is 1.91 bits per heavy atom. The largest absolute Gasteiger partial charge is 0.457 e. The number of ether oxygens (including phenoxy) is 1. The van der Waals surface area contributed by atoms with Gasteiger partial charge in [0.05, 0.1) is 23.3 Å². The highest BCUT2D eigenvalue weighted by molar-refractivity contribution is 5.99. The molecule has 0 fully saturated rings. The summed E-state index contributed by atoms with van der Waals surface area (Å²) < 4.78 is 22.0. The van der Waals surface area contributed by atoms with E-state index in [1.165, 1.54) is 12.1 Å². The van der Waals surface area contributed by atoms with E-state index < -0.39 is 11.8 Å². The quantitative estimate of drug-likeness (QED) is 0.394. The molecule has 0 unspecified atom stereocenters. The van der Waals surface area contributed by atoms with Gasteiger partial charge in [-0.05, 0) is 18.2 Å². The maximum atomic E-state index is 14.6. The number of aromatic amines is 1. The molecule has 3 heterocycles. The van der Waals surface area contributed by atoms with E-state index >= 15 is 0 Å². The monoisotopic (exact) mass is 449 g/mol. The van der Waals surface area contributed by atoms with E-state index in [0.29, 0.717) is 17.3 Å². The fraction of sp³-hybridized carbons (Fsp3) is 0.217. The number of benzene rings is 1. The zero-order valence-corrected chi connectivity index (χ0v) is 18.7. The van der Waals surface area contributed by atoms with E-state index in [2.05, 4.69) is 30.9 Å². The van der Waals surface area contributed by atoms with Gasteiger partial charge in [-0.2, -0.15) is 10.2 Å². The molecular weight excluding hydrogens is 425 g/mol. The second-order valence-corrected chi connectivity index (χ2v) is 8.48. The minimum Gasteiger partial charge on any atom is -0.457 e. The number of hydrogen-bond acceptors (Lipinski definition) is 5. The number of hydrogen-bond donors (Lipinski definition) is 3. The topological polar surface area (TPSA) is 110 Å². The van der Waals surface area contributed by atoms with Crippen LogP contribution in [0.15, 0.2) is 55.0 Å². The molecule has 3 aromatic heterocycles. The number of nitrogens with zero attached hydrogens (tertiary/aromatic N) is 4. The third-order valence-electron chi connectivity index (χ3n) is 4.84. The van der Waals surface area contributed by atoms with Gasteiger partial charge in [0.2, 0.25) is 0 Å². The summed E-state index contributed by atoms with van der Waals surface area (Å²) in [6.45, 7) is 6.09. The van der Waals surface area contributed by atoms with Gasteiger partial charge in [-0.1, -0.05) is 20.8 Å². The molecule has 0 aliphatic rings. The number of aryl methyl sites for hydroxylation is 1. The van der Waals surface area contributed by atoms with Crippen molar-refractivity contribution in [3.63, 3.8) is 0 Å². The molecule has 0 aliphatic heterocycles. The molecule has 0 radical (unpaired) electrons. The minimum absolute atomic E-state index is 0.0203. The first-order valence-electron chi connectivity index (χ1n) is 10.2. The van der Waals surface area contributed by atoms with Crippen molar-refractivity contribution in [1.29, 1.82) is 0 Å². The molecule has 9 nitrogen and oxygen atoms in total. The highest BCUT2D eigenvalue weighted by atomic mass is 19.1. The third kappa shape index (κ3) is 5.17. The average Bonchev–Trinajstić information content (AvgIpc) is 3.41. The van der Waals surface area contributed by atoms with Crippen LogP contribution in [-0.2, 0) is 12.5 Å². The molecule has 0 aliphatic carbocycles. The number of H-pyrrole nitrogens is 1. The maximum absolute atomic E-state index is 14.6. The van der Waals surface area contributed by atoms with E-state index in [9.17, 15) is 9.18 Å². The van der Waals surface area contributed by atoms with Crippen LogP contribution in [0.5, 0.6) is 11.5 Å². The van der Waals surface area contributed by atoms with Crippen molar-refractivity contribution in [1.82, 2.24) is 25.0 Å². The van der Waals surface area contributed by atoms with Crippen LogP contribution in [0.4, 0.5) is 20.7 Å². The molecule has 0 bridgehead atoms. The van der Waals surface area contributed by atoms with Crippen molar-refractivity contribution in [2.75, 3.05) is 10.6 Å². The average molecular weight is 449 g/mol. The van der Waals surface area contributed by atoms with Crippen LogP contribution in [0.3, 0.4) is 0 Å². The number of nitrogens with one attached hydrogen (secondary N) is 3. The number of carbonyl (C=O) groups excluding carboxylic acids is 1. The van der Waals surface area contributed by atoms with E-state index in [1.54, 1.807) is 54.6 Å². The second-order valence-electron chi connectivity index (χ2n) is 8.48. The molecule has 1 aromatic carbocycles. The van der Waals surface area contributed by atoms with Crippen LogP contribution >= 0.6 is 0 Å². The van der Waals surface area contributed by atoms with Crippen LogP contribution in [0, 0.1) is 5.82 Å². The molecular formula is C23H24FN7O2. The standard InChI is InChI=1S/C23H24FN7O2/c1-23(2,3)20-11-21(31(4)30-20)29-22(32)28-18-6-5-15(9-17(18)24)33-16-7-8-25-19(10-16)14-12-26-27-13-14/h5-13H,1-4H3,(H,26,27)(H2,28,29,32). The summed E-state index contributed by atoms with van der Waals surface area (Å²) >= 11 is 0. The number of anilines is 2. The number of urea groups is 1. The van der Waals surface area contributed by atoms with Gasteiger partial charge >= 0.3 is 6.03 Å². The van der Waals surface area contributed by atoms with E-state index in [1.807, 2.05) is 20.8 Å². The van der Waals surface area contributed by atoms with E-state index in [4.69, 9.17) is 4.74 Å². The summed E-state index contributed by atoms with van der Waals surface area (Å²) in [4.78, 5) is 16.7. The molecule has 0 saturated heterocycles. The molecule has 33 heavy (non-hydrogen) atoms. The number of rotatable bonds is 5. The van der Waals surface area contributed by atoms with Gasteiger partial charge in [0.25, 0.3) is 0 Å². The summed E-state index contributed by atoms with van der Waals surface area (Å²) in [5, 5.41) is 16.2. The Balaban J connectivity index is 1.42. The lowest BCUT2D eigenvalue weighted by molar-refractivity contribution is 0.262. The first-order valence-corrected chi connectivity index (χ1v) is 10.2. The van der Waals surface area contributed by atoms with Gasteiger partial charge in [-0.3, -0.25) is 20.1 Å². The number of amides is 2. The number of pyridine rings is 1. The van der Waals surface area contributed by atoms with Crippen molar-refractivity contribution >= 4 is 17.5 Å². The lowest BCUT2D eigenvalue weighted by Crippen LogP contribution is -2.21. The number of carbonyl (C=O) groups is 1. The molecule has 10 heteroatoms. The Kier molecular flexibility index (Phi) is 5.82. The molecule has 2 amide bonds. The highest BCUT2D eigenvalue weighted by Gasteiger charge is 2.20. The molecule has 0 atom stereocenters. The number of halogens is 1. The van der Waals surface area contributed by atoms with Gasteiger partial charge in [0, 0.05) is 48.6 Å². The van der Waals surface area contributed by atoms with Gasteiger partial charge in [-0.25, -0.2) is 9.18 Å². The fourth-order valence-corrected chi connectivity index (χ4v) is 3.04. The normalized spacial score (nSPS) is 11.3. The van der Waals surface area contributed by atoms with Crippen LogP contribution in [0.25, 0.3) is 11.3 Å². The Morgan fingerprint density at radius 1 is 1.12 bits per heavy atom. The predicted molar refractivity (Wildman–Crippen MR) is 123 cm³/mol. The van der Waals surface area contributed by atoms with Gasteiger partial charge in [0.15, 0.2) is 0 Å². The molecule has 170 valence electrons. The zero-order valence-electron chi connectivity index (χ0n) is 18.7. The molecule has 0 spiro atoms. The summed E-state index contributed by atoms with van der Waals surface area (Å²) in [6.07, 6.45) is 4.96. The fourth-order valence-electron chi connectivity index (χ4n) is 3.04. The first kappa shape index (κ1) is 22.0. The molecule has 3 N–H and O–H groups in total. The van der Waals surface area contributed by atoms with Crippen LogP contribution in [-0.4, -0.2) is 31.0 Å². The predicted octanol–water partition coefficient (Wildman–Crippen LogP) is 5.08. The Bertz CT molecular complexity index is 1280. The minimum atomic E-state index is -0.632. The Hall–Kier alpha value is -4.21. The summed E-state index contributed by atoms with van der Waals surface area (Å²) in [5.41, 5.74) is 2.16. The third-order valence-corrected chi connectivity index (χ3v) is 4.84. The second kappa shape index (κ2) is 8.73. The van der Waals surface area contributed by atoms with Gasteiger partial charge < -0.3 is 10.1 Å². The van der Waals surface area contributed by atoms with Crippen LogP contribution in [0.1, 0.15) is 26.5 Å². The smallest absolute Gasteiger partial charge is 0.324 e. The summed E-state index contributed by atoms with van der Waals surface area (Å²) in [7, 11) is 1.73. The maximum Gasteiger partial charge on any atom is 0.324 e. The lowest BCUT2D eigenvalue weighted by Gasteiger charge is -2.13. The Labute approximate surface area is 190 Å².